The molecule has 3 aromatic rings. The lowest BCUT2D eigenvalue weighted by atomic mass is 10.1. The number of thioether (sulfide) groups is 1. The van der Waals surface area contributed by atoms with E-state index in [1.807, 2.05) is 36.1 Å². The van der Waals surface area contributed by atoms with Gasteiger partial charge in [0.15, 0.2) is 0 Å². The molecular weight excluding hydrogens is 441 g/mol. The van der Waals surface area contributed by atoms with Gasteiger partial charge in [0.2, 0.25) is 11.8 Å². The van der Waals surface area contributed by atoms with E-state index in [0.717, 1.165) is 47.9 Å². The minimum atomic E-state index is -4.44. The summed E-state index contributed by atoms with van der Waals surface area (Å²) in [6, 6.07) is 11.0. The molecule has 32 heavy (non-hydrogen) atoms. The van der Waals surface area contributed by atoms with E-state index in [9.17, 15) is 18.0 Å². The van der Waals surface area contributed by atoms with E-state index in [0.29, 0.717) is 30.4 Å². The zero-order chi connectivity index (χ0) is 22.7. The van der Waals surface area contributed by atoms with Crippen molar-refractivity contribution in [3.63, 3.8) is 0 Å². The lowest BCUT2D eigenvalue weighted by molar-refractivity contribution is -0.137. The predicted octanol–water partition coefficient (Wildman–Crippen LogP) is 5.39. The van der Waals surface area contributed by atoms with E-state index in [1.54, 1.807) is 0 Å². The Morgan fingerprint density at radius 2 is 1.94 bits per heavy atom. The SMILES string of the molecule is Cc1cccc(-c2nnc(SCC(=O)Nc3ccc(C(F)(F)F)cc3N3CCCC3)o2)c1. The van der Waals surface area contributed by atoms with Crippen LogP contribution in [0.5, 0.6) is 0 Å². The Morgan fingerprint density at radius 1 is 1.16 bits per heavy atom. The topological polar surface area (TPSA) is 71.3 Å². The largest absolute Gasteiger partial charge is 0.416 e. The molecule has 0 saturated carbocycles. The van der Waals surface area contributed by atoms with E-state index >= 15 is 0 Å². The molecule has 4 rings (SSSR count). The summed E-state index contributed by atoms with van der Waals surface area (Å²) in [7, 11) is 0. The Morgan fingerprint density at radius 3 is 2.66 bits per heavy atom. The molecule has 2 heterocycles. The van der Waals surface area contributed by atoms with Crippen molar-refractivity contribution in [3.05, 3.63) is 53.6 Å². The van der Waals surface area contributed by atoms with Crippen molar-refractivity contribution in [2.24, 2.45) is 0 Å². The van der Waals surface area contributed by atoms with Crippen LogP contribution >= 0.6 is 11.8 Å². The number of alkyl halides is 3. The maximum absolute atomic E-state index is 13.2. The molecule has 1 fully saturated rings. The maximum atomic E-state index is 13.2. The minimum Gasteiger partial charge on any atom is -0.411 e. The van der Waals surface area contributed by atoms with E-state index < -0.39 is 11.7 Å². The number of hydrogen-bond acceptors (Lipinski definition) is 6. The number of nitrogens with zero attached hydrogens (tertiary/aromatic N) is 3. The van der Waals surface area contributed by atoms with Gasteiger partial charge in [0.25, 0.3) is 5.22 Å². The molecule has 0 bridgehead atoms. The molecule has 2 aromatic carbocycles. The van der Waals surface area contributed by atoms with Gasteiger partial charge >= 0.3 is 6.18 Å². The number of halogens is 3. The van der Waals surface area contributed by atoms with E-state index in [-0.39, 0.29) is 16.9 Å². The molecule has 0 aliphatic carbocycles. The first-order chi connectivity index (χ1) is 15.3. The molecule has 6 nitrogen and oxygen atoms in total. The van der Waals surface area contributed by atoms with Crippen molar-refractivity contribution in [1.82, 2.24) is 10.2 Å². The van der Waals surface area contributed by atoms with Crippen LogP contribution in [0.15, 0.2) is 52.1 Å². The Labute approximate surface area is 187 Å². The van der Waals surface area contributed by atoms with Crippen LogP contribution in [0.2, 0.25) is 0 Å². The molecule has 1 aromatic heterocycles. The number of benzene rings is 2. The molecule has 1 amide bonds. The summed E-state index contributed by atoms with van der Waals surface area (Å²) >= 11 is 1.07. The van der Waals surface area contributed by atoms with Crippen LogP contribution in [0.3, 0.4) is 0 Å². The van der Waals surface area contributed by atoms with Gasteiger partial charge in [0.05, 0.1) is 22.7 Å². The van der Waals surface area contributed by atoms with E-state index in [1.165, 1.54) is 6.07 Å². The second-order valence-corrected chi connectivity index (χ2v) is 8.43. The number of hydrogen-bond donors (Lipinski definition) is 1. The number of amides is 1. The van der Waals surface area contributed by atoms with Crippen LogP contribution in [0.1, 0.15) is 24.0 Å². The molecule has 0 unspecified atom stereocenters. The zero-order valence-electron chi connectivity index (χ0n) is 17.3. The average Bonchev–Trinajstić information content (AvgIpc) is 3.44. The van der Waals surface area contributed by atoms with Crippen molar-refractivity contribution < 1.29 is 22.4 Å². The summed E-state index contributed by atoms with van der Waals surface area (Å²) in [5.74, 6) is -0.0307. The third kappa shape index (κ3) is 5.24. The molecule has 1 saturated heterocycles. The minimum absolute atomic E-state index is 0.0179. The van der Waals surface area contributed by atoms with Gasteiger partial charge in [-0.25, -0.2) is 0 Å². The number of aryl methyl sites for hydroxylation is 1. The highest BCUT2D eigenvalue weighted by molar-refractivity contribution is 7.99. The first-order valence-corrected chi connectivity index (χ1v) is 11.1. The second-order valence-electron chi connectivity index (χ2n) is 7.50. The summed E-state index contributed by atoms with van der Waals surface area (Å²) < 4.78 is 45.1. The Bertz CT molecular complexity index is 1110. The number of aromatic nitrogens is 2. The Balaban J connectivity index is 1.43. The van der Waals surface area contributed by atoms with Crippen molar-refractivity contribution in [3.8, 4) is 11.5 Å². The highest BCUT2D eigenvalue weighted by atomic mass is 32.2. The van der Waals surface area contributed by atoms with E-state index in [2.05, 4.69) is 15.5 Å². The quantitative estimate of drug-likeness (QED) is 0.495. The second kappa shape index (κ2) is 9.23. The summed E-state index contributed by atoms with van der Waals surface area (Å²) in [5, 5.41) is 10.9. The van der Waals surface area contributed by atoms with Crippen molar-refractivity contribution in [2.75, 3.05) is 29.1 Å². The fourth-order valence-corrected chi connectivity index (χ4v) is 4.07. The maximum Gasteiger partial charge on any atom is 0.416 e. The zero-order valence-corrected chi connectivity index (χ0v) is 18.1. The van der Waals surface area contributed by atoms with Crippen LogP contribution in [0.25, 0.3) is 11.5 Å². The molecule has 1 aliphatic heterocycles. The van der Waals surface area contributed by atoms with Gasteiger partial charge in [-0.1, -0.05) is 29.5 Å². The molecule has 0 radical (unpaired) electrons. The van der Waals surface area contributed by atoms with Crippen LogP contribution in [-0.4, -0.2) is 34.9 Å². The van der Waals surface area contributed by atoms with Crippen LogP contribution in [0.4, 0.5) is 24.5 Å². The van der Waals surface area contributed by atoms with Gasteiger partial charge < -0.3 is 14.6 Å². The van der Waals surface area contributed by atoms with Crippen LogP contribution in [0, 0.1) is 6.92 Å². The van der Waals surface area contributed by atoms with Gasteiger partial charge in [-0.3, -0.25) is 4.79 Å². The lowest BCUT2D eigenvalue weighted by Crippen LogP contribution is -2.22. The molecule has 10 heteroatoms. The predicted molar refractivity (Wildman–Crippen MR) is 117 cm³/mol. The molecule has 0 atom stereocenters. The normalized spacial score (nSPS) is 14.1. The third-order valence-electron chi connectivity index (χ3n) is 5.04. The molecule has 1 aliphatic rings. The summed E-state index contributed by atoms with van der Waals surface area (Å²) in [6.45, 7) is 3.27. The van der Waals surface area contributed by atoms with Crippen molar-refractivity contribution in [1.29, 1.82) is 0 Å². The van der Waals surface area contributed by atoms with Crippen molar-refractivity contribution in [2.45, 2.75) is 31.2 Å². The Hall–Kier alpha value is -3.01. The van der Waals surface area contributed by atoms with E-state index in [4.69, 9.17) is 4.42 Å². The Kier molecular flexibility index (Phi) is 6.40. The molecular formula is C22H21F3N4O2S. The summed E-state index contributed by atoms with van der Waals surface area (Å²) in [4.78, 5) is 14.4. The lowest BCUT2D eigenvalue weighted by Gasteiger charge is -2.23. The van der Waals surface area contributed by atoms with Gasteiger partial charge in [0, 0.05) is 18.7 Å². The highest BCUT2D eigenvalue weighted by Gasteiger charge is 2.32. The average molecular weight is 462 g/mol. The number of rotatable bonds is 6. The number of carbonyl (C=O) groups excluding carboxylic acids is 1. The fraction of sp³-hybridized carbons (Fsp3) is 0.318. The third-order valence-corrected chi connectivity index (χ3v) is 5.86. The first-order valence-electron chi connectivity index (χ1n) is 10.1. The van der Waals surface area contributed by atoms with Gasteiger partial charge in [-0.2, -0.15) is 13.2 Å². The number of anilines is 2. The number of carbonyl (C=O) groups is 1. The fourth-order valence-electron chi connectivity index (χ4n) is 3.51. The molecule has 168 valence electrons. The van der Waals surface area contributed by atoms with Gasteiger partial charge in [0.1, 0.15) is 0 Å². The summed E-state index contributed by atoms with van der Waals surface area (Å²) in [5.41, 5.74) is 1.85. The van der Waals surface area contributed by atoms with Crippen LogP contribution in [-0.2, 0) is 11.0 Å². The summed E-state index contributed by atoms with van der Waals surface area (Å²) in [6.07, 6.45) is -2.64. The molecule has 0 spiro atoms. The van der Waals surface area contributed by atoms with Gasteiger partial charge in [-0.15, -0.1) is 10.2 Å². The monoisotopic (exact) mass is 462 g/mol. The first kappa shape index (κ1) is 22.2. The molecule has 1 N–H and O–H groups in total. The van der Waals surface area contributed by atoms with Gasteiger partial charge in [-0.05, 0) is 50.1 Å². The number of nitrogens with one attached hydrogen (secondary N) is 1. The standard InChI is InChI=1S/C22H21F3N4O2S/c1-14-5-4-6-15(11-14)20-27-28-21(31-20)32-13-19(30)26-17-8-7-16(22(23,24)25)12-18(17)29-9-2-3-10-29/h4-8,11-12H,2-3,9-10,13H2,1H3,(H,26,30). The smallest absolute Gasteiger partial charge is 0.411 e. The van der Waals surface area contributed by atoms with Crippen molar-refractivity contribution >= 4 is 29.0 Å². The van der Waals surface area contributed by atoms with Crippen LogP contribution < -0.4 is 10.2 Å². The highest BCUT2D eigenvalue weighted by Crippen LogP contribution is 2.37.